The van der Waals surface area contributed by atoms with Gasteiger partial charge in [-0.2, -0.15) is 0 Å². The van der Waals surface area contributed by atoms with Crippen LogP contribution >= 0.6 is 0 Å². The first-order valence-electron chi connectivity index (χ1n) is 9.82. The van der Waals surface area contributed by atoms with Gasteiger partial charge in [-0.1, -0.05) is 68.5 Å². The molecule has 1 nitrogen and oxygen atoms in total. The number of nitrogens with zero attached hydrogens (tertiary/aromatic N) is 1. The van der Waals surface area contributed by atoms with E-state index in [4.69, 9.17) is 4.99 Å². The summed E-state index contributed by atoms with van der Waals surface area (Å²) in [6.45, 7) is 6.75. The van der Waals surface area contributed by atoms with Crippen LogP contribution in [0.25, 0.3) is 5.57 Å². The van der Waals surface area contributed by atoms with Crippen LogP contribution in [0.5, 0.6) is 0 Å². The van der Waals surface area contributed by atoms with E-state index in [-0.39, 0.29) is 0 Å². The molecule has 0 radical (unpaired) electrons. The third kappa shape index (κ3) is 2.96. The smallest absolute Gasteiger partial charge is 0.0748 e. The summed E-state index contributed by atoms with van der Waals surface area (Å²) < 4.78 is 0. The Morgan fingerprint density at radius 1 is 1.19 bits per heavy atom. The molecule has 1 heterocycles. The minimum absolute atomic E-state index is 0.412. The van der Waals surface area contributed by atoms with Crippen molar-refractivity contribution in [3.63, 3.8) is 0 Å². The van der Waals surface area contributed by atoms with Gasteiger partial charge in [0.15, 0.2) is 0 Å². The van der Waals surface area contributed by atoms with Gasteiger partial charge in [0.2, 0.25) is 0 Å². The fraction of sp³-hybridized carbons (Fsp3) is 0.320. The third-order valence-corrected chi connectivity index (χ3v) is 5.77. The number of hydrogen-bond acceptors (Lipinski definition) is 1. The summed E-state index contributed by atoms with van der Waals surface area (Å²) in [6.07, 6.45) is 17.3. The second-order valence-corrected chi connectivity index (χ2v) is 7.55. The summed E-state index contributed by atoms with van der Waals surface area (Å²) in [7, 11) is 0. The number of para-hydroxylation sites is 1. The average molecular weight is 341 g/mol. The van der Waals surface area contributed by atoms with Crippen LogP contribution in [-0.4, -0.2) is 5.71 Å². The lowest BCUT2D eigenvalue weighted by molar-refractivity contribution is 0.706. The highest BCUT2D eigenvalue weighted by Crippen LogP contribution is 2.41. The van der Waals surface area contributed by atoms with Gasteiger partial charge in [-0.3, -0.25) is 0 Å². The Morgan fingerprint density at radius 3 is 2.81 bits per heavy atom. The van der Waals surface area contributed by atoms with E-state index in [2.05, 4.69) is 81.5 Å². The van der Waals surface area contributed by atoms with E-state index in [1.54, 1.807) is 0 Å². The molecule has 1 aromatic carbocycles. The predicted octanol–water partition coefficient (Wildman–Crippen LogP) is 6.98. The highest BCUT2D eigenvalue weighted by molar-refractivity contribution is 6.36. The zero-order valence-electron chi connectivity index (χ0n) is 16.0. The maximum absolute atomic E-state index is 5.04. The molecule has 2 unspecified atom stereocenters. The quantitative estimate of drug-likeness (QED) is 0.562. The maximum Gasteiger partial charge on any atom is 0.0748 e. The standard InChI is InChI=1S/C25H27N/c1-4-20-22-10-7-8-12-24(22)26-25(20)23-11-6-5-9-21(23)18(3)19-15-13-17(2)14-16-19/h4-5,7-10,12-13,15-18H,6,11,14H2,1-3H3/b20-4-. The molecule has 2 atom stereocenters. The van der Waals surface area contributed by atoms with Crippen molar-refractivity contribution in [2.45, 2.75) is 40.0 Å². The van der Waals surface area contributed by atoms with Gasteiger partial charge in [-0.25, -0.2) is 4.99 Å². The Labute approximate surface area is 157 Å². The van der Waals surface area contributed by atoms with E-state index in [1.807, 2.05) is 0 Å². The zero-order valence-corrected chi connectivity index (χ0v) is 16.0. The van der Waals surface area contributed by atoms with Gasteiger partial charge in [0.05, 0.1) is 11.4 Å². The van der Waals surface area contributed by atoms with E-state index in [1.165, 1.54) is 33.6 Å². The molecular weight excluding hydrogens is 314 g/mol. The van der Waals surface area contributed by atoms with Crippen molar-refractivity contribution in [1.29, 1.82) is 0 Å². The molecule has 1 aliphatic heterocycles. The molecule has 26 heavy (non-hydrogen) atoms. The lowest BCUT2D eigenvalue weighted by atomic mass is 9.80. The molecule has 0 amide bonds. The Hall–Kier alpha value is -2.41. The lowest BCUT2D eigenvalue weighted by Gasteiger charge is -2.25. The summed E-state index contributed by atoms with van der Waals surface area (Å²) in [5.74, 6) is 1.07. The van der Waals surface area contributed by atoms with Gasteiger partial charge in [-0.05, 0) is 54.9 Å². The molecular formula is C25H27N. The minimum atomic E-state index is 0.412. The number of allylic oxidation sites excluding steroid dienone is 10. The molecule has 1 heteroatoms. The van der Waals surface area contributed by atoms with Crippen molar-refractivity contribution in [2.24, 2.45) is 16.8 Å². The van der Waals surface area contributed by atoms with Crippen LogP contribution < -0.4 is 0 Å². The van der Waals surface area contributed by atoms with Gasteiger partial charge in [0.1, 0.15) is 0 Å². The van der Waals surface area contributed by atoms with E-state index < -0.39 is 0 Å². The molecule has 4 rings (SSSR count). The van der Waals surface area contributed by atoms with Gasteiger partial charge in [0, 0.05) is 17.1 Å². The first kappa shape index (κ1) is 17.0. The van der Waals surface area contributed by atoms with E-state index in [9.17, 15) is 0 Å². The highest BCUT2D eigenvalue weighted by atomic mass is 14.8. The van der Waals surface area contributed by atoms with Crippen LogP contribution in [0.4, 0.5) is 5.69 Å². The summed E-state index contributed by atoms with van der Waals surface area (Å²) in [5, 5.41) is 0. The van der Waals surface area contributed by atoms with Gasteiger partial charge in [0.25, 0.3) is 0 Å². The summed E-state index contributed by atoms with van der Waals surface area (Å²) >= 11 is 0. The van der Waals surface area contributed by atoms with Crippen LogP contribution in [0.15, 0.2) is 82.4 Å². The molecule has 3 aliphatic rings. The van der Waals surface area contributed by atoms with E-state index in [0.717, 1.165) is 24.9 Å². The Kier molecular flexibility index (Phi) is 4.63. The molecule has 0 saturated carbocycles. The fourth-order valence-corrected chi connectivity index (χ4v) is 4.22. The molecule has 1 aromatic rings. The molecule has 132 valence electrons. The lowest BCUT2D eigenvalue weighted by Crippen LogP contribution is -2.14. The molecule has 0 fully saturated rings. The number of hydrogen-bond donors (Lipinski definition) is 0. The van der Waals surface area contributed by atoms with Crippen LogP contribution in [0.3, 0.4) is 0 Å². The van der Waals surface area contributed by atoms with Crippen LogP contribution in [-0.2, 0) is 0 Å². The van der Waals surface area contributed by atoms with Gasteiger partial charge in [-0.15, -0.1) is 0 Å². The first-order valence-corrected chi connectivity index (χ1v) is 9.82. The summed E-state index contributed by atoms with van der Waals surface area (Å²) in [4.78, 5) is 5.04. The summed E-state index contributed by atoms with van der Waals surface area (Å²) in [6, 6.07) is 8.51. The molecule has 2 aliphatic carbocycles. The topological polar surface area (TPSA) is 12.4 Å². The number of rotatable bonds is 3. The molecule has 0 saturated heterocycles. The van der Waals surface area contributed by atoms with Crippen LogP contribution in [0, 0.1) is 11.8 Å². The number of fused-ring (bicyclic) bond motifs is 1. The SMILES string of the molecule is C/C=C1\C(C2=C(C(C)C3=CCC(C)C=C3)C=CCC2)=Nc2ccccc21. The second kappa shape index (κ2) is 7.07. The van der Waals surface area contributed by atoms with Crippen molar-refractivity contribution in [3.05, 3.63) is 83.0 Å². The predicted molar refractivity (Wildman–Crippen MR) is 113 cm³/mol. The fourth-order valence-electron chi connectivity index (χ4n) is 4.22. The van der Waals surface area contributed by atoms with Crippen LogP contribution in [0.1, 0.15) is 45.6 Å². The zero-order chi connectivity index (χ0) is 18.1. The molecule has 0 aromatic heterocycles. The molecule has 0 spiro atoms. The van der Waals surface area contributed by atoms with Crippen molar-refractivity contribution < 1.29 is 0 Å². The molecule has 0 N–H and O–H groups in total. The van der Waals surface area contributed by atoms with E-state index in [0.29, 0.717) is 11.8 Å². The third-order valence-electron chi connectivity index (χ3n) is 5.77. The van der Waals surface area contributed by atoms with Crippen LogP contribution in [0.2, 0.25) is 0 Å². The van der Waals surface area contributed by atoms with Gasteiger partial charge >= 0.3 is 0 Å². The Balaban J connectivity index is 1.76. The van der Waals surface area contributed by atoms with Crippen molar-refractivity contribution in [2.75, 3.05) is 0 Å². The highest BCUT2D eigenvalue weighted by Gasteiger charge is 2.27. The largest absolute Gasteiger partial charge is 0.247 e. The Morgan fingerprint density at radius 2 is 2.04 bits per heavy atom. The Bertz CT molecular complexity index is 902. The number of benzene rings is 1. The average Bonchev–Trinajstić information content (AvgIpc) is 3.06. The van der Waals surface area contributed by atoms with Crippen molar-refractivity contribution >= 4 is 17.0 Å². The summed E-state index contributed by atoms with van der Waals surface area (Å²) in [5.41, 5.74) is 9.16. The molecule has 0 bridgehead atoms. The maximum atomic E-state index is 5.04. The monoisotopic (exact) mass is 341 g/mol. The second-order valence-electron chi connectivity index (χ2n) is 7.55. The minimum Gasteiger partial charge on any atom is -0.247 e. The van der Waals surface area contributed by atoms with Crippen molar-refractivity contribution in [3.8, 4) is 0 Å². The van der Waals surface area contributed by atoms with Gasteiger partial charge < -0.3 is 0 Å². The van der Waals surface area contributed by atoms with E-state index >= 15 is 0 Å². The van der Waals surface area contributed by atoms with Crippen molar-refractivity contribution in [1.82, 2.24) is 0 Å². The number of aliphatic imine (C=N–C) groups is 1. The first-order chi connectivity index (χ1) is 12.7. The normalized spacial score (nSPS) is 24.6.